The maximum Gasteiger partial charge on any atom is 0.296 e. The first kappa shape index (κ1) is 50.5. The molecule has 0 fully saturated rings. The fourth-order valence-corrected chi connectivity index (χ4v) is 10.7. The molecule has 0 aliphatic heterocycles. The van der Waals surface area contributed by atoms with Crippen molar-refractivity contribution in [3.8, 4) is 0 Å². The van der Waals surface area contributed by atoms with Gasteiger partial charge in [0, 0.05) is 50.6 Å². The van der Waals surface area contributed by atoms with Gasteiger partial charge in [-0.3, -0.25) is 9.11 Å². The highest BCUT2D eigenvalue weighted by molar-refractivity contribution is 7.86. The predicted molar refractivity (Wildman–Crippen MR) is 269 cm³/mol. The third-order valence-electron chi connectivity index (χ3n) is 10.6. The Morgan fingerprint density at radius 1 is 0.551 bits per heavy atom. The molecule has 26 heteroatoms. The van der Waals surface area contributed by atoms with Crippen LogP contribution in [0.4, 0.5) is 62.2 Å². The molecule has 0 aliphatic rings. The third-order valence-corrected chi connectivity index (χ3v) is 14.1. The number of aryl methyl sites for hydroxylation is 2. The zero-order valence-corrected chi connectivity index (χ0v) is 41.6. The zero-order chi connectivity index (χ0) is 49.6. The van der Waals surface area contributed by atoms with Crippen LogP contribution in [0.2, 0.25) is 0 Å². The molecule has 7 aromatic rings. The van der Waals surface area contributed by atoms with Gasteiger partial charge in [0.1, 0.15) is 32.2 Å². The summed E-state index contributed by atoms with van der Waals surface area (Å²) in [6.07, 6.45) is 0. The van der Waals surface area contributed by atoms with Crippen LogP contribution >= 0.6 is 22.7 Å². The standard InChI is InChI=1S/C43H50N14O8S4/c1-7-55(8-2)27-11-13-29(51-53-42-46-37-33(66-42)19-25(5)21-35(37)68(60,61)62)31(23-27)44-39-48-40(50-41(49-39)57(15-17-58)16-18-59)45-32-24-28(56(9-3)10-4)12-14-30(32)52-54-43-47-38-34(67-43)20-26(6)22-36(38)69(63,64)65/h11-14,19-24,58-59H,7-10,15-18H2,1-6H3,(H,60,61,62)(H,63,64,65)(H2,44,45,48,49,50). The van der Waals surface area contributed by atoms with Gasteiger partial charge in [-0.05, 0) is 113 Å². The van der Waals surface area contributed by atoms with Gasteiger partial charge in [-0.1, -0.05) is 22.7 Å². The Balaban J connectivity index is 1.32. The Morgan fingerprint density at radius 3 is 1.32 bits per heavy atom. The van der Waals surface area contributed by atoms with Gasteiger partial charge in [0.2, 0.25) is 28.1 Å². The van der Waals surface area contributed by atoms with E-state index in [0.29, 0.717) is 69.5 Å². The summed E-state index contributed by atoms with van der Waals surface area (Å²) in [7, 11) is -9.16. The van der Waals surface area contributed by atoms with Crippen LogP contribution < -0.4 is 25.3 Å². The maximum atomic E-state index is 12.2. The molecule has 0 aliphatic carbocycles. The molecule has 22 nitrogen and oxygen atoms in total. The fraction of sp³-hybridized carbons (Fsp3) is 0.326. The van der Waals surface area contributed by atoms with E-state index in [-0.39, 0.29) is 75.2 Å². The molecular weight excluding hydrogens is 969 g/mol. The van der Waals surface area contributed by atoms with Gasteiger partial charge in [0.05, 0.1) is 34.0 Å². The normalized spacial score (nSPS) is 12.2. The molecule has 0 amide bonds. The van der Waals surface area contributed by atoms with Gasteiger partial charge in [-0.2, -0.15) is 31.8 Å². The van der Waals surface area contributed by atoms with E-state index in [1.165, 1.54) is 12.1 Å². The molecule has 6 N–H and O–H groups in total. The Labute approximate surface area is 406 Å². The van der Waals surface area contributed by atoms with Gasteiger partial charge in [0.15, 0.2) is 0 Å². The van der Waals surface area contributed by atoms with Crippen molar-refractivity contribution in [3.63, 3.8) is 0 Å². The summed E-state index contributed by atoms with van der Waals surface area (Å²) in [6, 6.07) is 17.1. The lowest BCUT2D eigenvalue weighted by molar-refractivity contribution is 0.280. The molecule has 3 heterocycles. The summed E-state index contributed by atoms with van der Waals surface area (Å²) < 4.78 is 69.7. The molecule has 0 saturated heterocycles. The molecule has 0 radical (unpaired) electrons. The second kappa shape index (κ2) is 21.5. The van der Waals surface area contributed by atoms with Crippen LogP contribution in [0.3, 0.4) is 0 Å². The average molecular weight is 1020 g/mol. The minimum atomic E-state index is -4.58. The Hall–Kier alpha value is -6.39. The van der Waals surface area contributed by atoms with E-state index in [2.05, 4.69) is 50.9 Å². The molecule has 0 bridgehead atoms. The summed E-state index contributed by atoms with van der Waals surface area (Å²) in [5, 5.41) is 44.7. The highest BCUT2D eigenvalue weighted by Gasteiger charge is 2.22. The first-order valence-corrected chi connectivity index (χ1v) is 26.1. The number of rotatable bonds is 21. The number of hydrogen-bond donors (Lipinski definition) is 6. The Bertz CT molecular complexity index is 3070. The summed E-state index contributed by atoms with van der Waals surface area (Å²) in [4.78, 5) is 28.1. The van der Waals surface area contributed by atoms with Crippen LogP contribution in [0.25, 0.3) is 20.4 Å². The van der Waals surface area contributed by atoms with E-state index in [1.54, 1.807) is 43.0 Å². The highest BCUT2D eigenvalue weighted by atomic mass is 32.2. The molecule has 4 aromatic carbocycles. The van der Waals surface area contributed by atoms with Crippen molar-refractivity contribution in [2.75, 3.05) is 77.8 Å². The van der Waals surface area contributed by atoms with Gasteiger partial charge in [-0.25, -0.2) is 9.97 Å². The molecule has 0 unspecified atom stereocenters. The smallest absolute Gasteiger partial charge is 0.296 e. The number of azo groups is 2. The number of aliphatic hydroxyl groups is 2. The first-order valence-electron chi connectivity index (χ1n) is 21.6. The van der Waals surface area contributed by atoms with Crippen molar-refractivity contribution in [2.24, 2.45) is 20.5 Å². The molecule has 0 atom stereocenters. The largest absolute Gasteiger partial charge is 0.395 e. The number of hydrogen-bond acceptors (Lipinski definition) is 22. The predicted octanol–water partition coefficient (Wildman–Crippen LogP) is 9.00. The fourth-order valence-electron chi connectivity index (χ4n) is 7.31. The van der Waals surface area contributed by atoms with E-state index < -0.39 is 20.2 Å². The number of nitrogens with one attached hydrogen (secondary N) is 2. The van der Waals surface area contributed by atoms with Gasteiger partial charge in [0.25, 0.3) is 20.2 Å². The summed E-state index contributed by atoms with van der Waals surface area (Å²) >= 11 is 2.20. The molecular formula is C43H50N14O8S4. The van der Waals surface area contributed by atoms with E-state index >= 15 is 0 Å². The summed E-state index contributed by atoms with van der Waals surface area (Å²) in [5.74, 6) is 0.169. The molecule has 0 saturated carbocycles. The van der Waals surface area contributed by atoms with E-state index in [9.17, 15) is 36.2 Å². The number of aromatic nitrogens is 5. The third kappa shape index (κ3) is 11.9. The number of aliphatic hydroxyl groups excluding tert-OH is 2. The van der Waals surface area contributed by atoms with E-state index in [0.717, 1.165) is 34.0 Å². The van der Waals surface area contributed by atoms with Crippen LogP contribution in [-0.4, -0.2) is 114 Å². The van der Waals surface area contributed by atoms with E-state index in [4.69, 9.17) is 15.0 Å². The van der Waals surface area contributed by atoms with Crippen LogP contribution in [0.1, 0.15) is 38.8 Å². The number of benzene rings is 4. The van der Waals surface area contributed by atoms with Crippen molar-refractivity contribution >= 4 is 126 Å². The summed E-state index contributed by atoms with van der Waals surface area (Å²) in [6.45, 7) is 13.8. The lowest BCUT2D eigenvalue weighted by Crippen LogP contribution is -2.31. The maximum absolute atomic E-state index is 12.2. The molecule has 69 heavy (non-hydrogen) atoms. The van der Waals surface area contributed by atoms with Gasteiger partial charge in [-0.15, -0.1) is 20.5 Å². The Kier molecular flexibility index (Phi) is 15.7. The number of fused-ring (bicyclic) bond motifs is 2. The zero-order valence-electron chi connectivity index (χ0n) is 38.4. The van der Waals surface area contributed by atoms with Crippen molar-refractivity contribution in [2.45, 2.75) is 51.3 Å². The van der Waals surface area contributed by atoms with Crippen LogP contribution in [0.15, 0.2) is 90.9 Å². The van der Waals surface area contributed by atoms with E-state index in [1.807, 2.05) is 52.0 Å². The second-order valence-electron chi connectivity index (χ2n) is 15.3. The van der Waals surface area contributed by atoms with Crippen LogP contribution in [-0.2, 0) is 20.2 Å². The average Bonchev–Trinajstić information content (AvgIpc) is 3.91. The minimum absolute atomic E-state index is 0.0345. The number of thiazole rings is 2. The molecule has 0 spiro atoms. The minimum Gasteiger partial charge on any atom is -0.395 e. The highest BCUT2D eigenvalue weighted by Crippen LogP contribution is 2.39. The van der Waals surface area contributed by atoms with Crippen molar-refractivity contribution in [1.29, 1.82) is 0 Å². The lowest BCUT2D eigenvalue weighted by atomic mass is 10.2. The second-order valence-corrected chi connectivity index (χ2v) is 20.1. The Morgan fingerprint density at radius 2 is 0.957 bits per heavy atom. The monoisotopic (exact) mass is 1020 g/mol. The number of anilines is 7. The van der Waals surface area contributed by atoms with Crippen LogP contribution in [0.5, 0.6) is 0 Å². The van der Waals surface area contributed by atoms with Crippen molar-refractivity contribution in [3.05, 3.63) is 71.8 Å². The quantitative estimate of drug-likeness (QED) is 0.0289. The topological polar surface area (TPSA) is 297 Å². The lowest BCUT2D eigenvalue weighted by Gasteiger charge is -2.24. The molecule has 7 rings (SSSR count). The van der Waals surface area contributed by atoms with Gasteiger partial charge >= 0.3 is 0 Å². The number of nitrogens with zero attached hydrogens (tertiary/aromatic N) is 12. The first-order chi connectivity index (χ1) is 32.9. The summed E-state index contributed by atoms with van der Waals surface area (Å²) in [5.41, 5.74) is 4.53. The molecule has 3 aromatic heterocycles. The van der Waals surface area contributed by atoms with Gasteiger partial charge < -0.3 is 35.5 Å². The van der Waals surface area contributed by atoms with Crippen LogP contribution in [0, 0.1) is 13.8 Å². The van der Waals surface area contributed by atoms with Crippen molar-refractivity contribution in [1.82, 2.24) is 24.9 Å². The van der Waals surface area contributed by atoms with Crippen molar-refractivity contribution < 1.29 is 36.2 Å². The SMILES string of the molecule is CCN(CC)c1ccc(N=Nc2nc3c(S(=O)(=O)O)cc(C)cc3s2)c(Nc2nc(Nc3cc(N(CC)CC)ccc3N=Nc3nc4c(S(=O)(=O)O)cc(C)cc4s3)nc(N(CCO)CCO)n2)c1. The molecule has 364 valence electrons.